The van der Waals surface area contributed by atoms with Crippen molar-refractivity contribution >= 4 is 29.0 Å². The van der Waals surface area contributed by atoms with Gasteiger partial charge in [0.1, 0.15) is 6.20 Å². The second-order valence-electron chi connectivity index (χ2n) is 1.88. The summed E-state index contributed by atoms with van der Waals surface area (Å²) in [5.74, 6) is 0.634. The lowest BCUT2D eigenvalue weighted by atomic mass is 10.3. The molecule has 1 heterocycles. The fourth-order valence-electron chi connectivity index (χ4n) is 0.631. The standard InChI is InChI=1S/C7H4Cl2N2/c1-10-7-2-5(3-8)6(9)4-11-7/h2,4H,3H2. The molecule has 0 spiro atoms. The van der Waals surface area contributed by atoms with Crippen LogP contribution in [0, 0.1) is 6.57 Å². The van der Waals surface area contributed by atoms with E-state index in [1.807, 2.05) is 0 Å². The Morgan fingerprint density at radius 1 is 1.64 bits per heavy atom. The van der Waals surface area contributed by atoms with E-state index in [4.69, 9.17) is 29.8 Å². The van der Waals surface area contributed by atoms with Crippen molar-refractivity contribution in [2.45, 2.75) is 5.88 Å². The molecule has 1 rings (SSSR count). The van der Waals surface area contributed by atoms with Gasteiger partial charge in [0.15, 0.2) is 0 Å². The number of halogens is 2. The molecule has 0 unspecified atom stereocenters. The first-order valence-electron chi connectivity index (χ1n) is 2.85. The molecule has 0 amide bonds. The predicted octanol–water partition coefficient (Wildman–Crippen LogP) is 3.02. The van der Waals surface area contributed by atoms with Gasteiger partial charge in [-0.25, -0.2) is 0 Å². The van der Waals surface area contributed by atoms with Crippen molar-refractivity contribution < 1.29 is 0 Å². The van der Waals surface area contributed by atoms with Crippen molar-refractivity contribution in [1.82, 2.24) is 4.98 Å². The summed E-state index contributed by atoms with van der Waals surface area (Å²) in [6.45, 7) is 6.66. The van der Waals surface area contributed by atoms with E-state index in [0.29, 0.717) is 16.7 Å². The summed E-state index contributed by atoms with van der Waals surface area (Å²) in [4.78, 5) is 6.90. The van der Waals surface area contributed by atoms with E-state index in [1.165, 1.54) is 6.20 Å². The number of pyridine rings is 1. The number of hydrogen-bond donors (Lipinski definition) is 0. The zero-order valence-electron chi connectivity index (χ0n) is 5.51. The molecular formula is C7H4Cl2N2. The first-order valence-corrected chi connectivity index (χ1v) is 3.77. The van der Waals surface area contributed by atoms with Gasteiger partial charge in [0.05, 0.1) is 5.02 Å². The highest BCUT2D eigenvalue weighted by molar-refractivity contribution is 6.32. The molecular weight excluding hydrogens is 183 g/mol. The van der Waals surface area contributed by atoms with Crippen molar-refractivity contribution in [1.29, 1.82) is 0 Å². The Morgan fingerprint density at radius 3 is 2.91 bits per heavy atom. The van der Waals surface area contributed by atoms with Gasteiger partial charge in [0.25, 0.3) is 5.82 Å². The summed E-state index contributed by atoms with van der Waals surface area (Å²) in [6, 6.07) is 1.59. The second-order valence-corrected chi connectivity index (χ2v) is 2.55. The minimum atomic E-state index is 0.309. The highest BCUT2D eigenvalue weighted by Crippen LogP contribution is 2.20. The number of nitrogens with zero attached hydrogens (tertiary/aromatic N) is 2. The Kier molecular flexibility index (Phi) is 2.70. The van der Waals surface area contributed by atoms with Crippen molar-refractivity contribution in [2.24, 2.45) is 0 Å². The smallest absolute Gasteiger partial charge is 0.269 e. The average molecular weight is 187 g/mol. The van der Waals surface area contributed by atoms with E-state index in [1.54, 1.807) is 6.07 Å². The molecule has 0 aliphatic carbocycles. The summed E-state index contributed by atoms with van der Waals surface area (Å²) in [5, 5.41) is 0.507. The van der Waals surface area contributed by atoms with Gasteiger partial charge in [-0.2, -0.15) is 0 Å². The monoisotopic (exact) mass is 186 g/mol. The van der Waals surface area contributed by atoms with Crippen LogP contribution in [0.5, 0.6) is 0 Å². The molecule has 0 aromatic carbocycles. The maximum atomic E-state index is 6.66. The molecule has 0 aliphatic heterocycles. The lowest BCUT2D eigenvalue weighted by Gasteiger charge is -1.96. The Labute approximate surface area is 74.6 Å². The topological polar surface area (TPSA) is 17.2 Å². The van der Waals surface area contributed by atoms with Crippen LogP contribution in [0.4, 0.5) is 5.82 Å². The average Bonchev–Trinajstić information content (AvgIpc) is 2.05. The van der Waals surface area contributed by atoms with Gasteiger partial charge in [0.2, 0.25) is 0 Å². The summed E-state index contributed by atoms with van der Waals surface area (Å²) < 4.78 is 0. The van der Waals surface area contributed by atoms with Gasteiger partial charge in [0, 0.05) is 5.88 Å². The fourth-order valence-corrected chi connectivity index (χ4v) is 1.09. The van der Waals surface area contributed by atoms with Gasteiger partial charge in [-0.15, -0.1) is 16.6 Å². The van der Waals surface area contributed by atoms with Crippen LogP contribution in [0.1, 0.15) is 5.56 Å². The quantitative estimate of drug-likeness (QED) is 0.487. The summed E-state index contributed by atoms with van der Waals surface area (Å²) >= 11 is 11.2. The van der Waals surface area contributed by atoms with Crippen LogP contribution in [0.25, 0.3) is 4.85 Å². The lowest BCUT2D eigenvalue weighted by Crippen LogP contribution is -1.81. The van der Waals surface area contributed by atoms with Crippen LogP contribution in [-0.2, 0) is 5.88 Å². The van der Waals surface area contributed by atoms with E-state index in [-0.39, 0.29) is 0 Å². The van der Waals surface area contributed by atoms with Crippen LogP contribution in [-0.4, -0.2) is 4.98 Å². The summed E-state index contributed by atoms with van der Waals surface area (Å²) in [6.07, 6.45) is 1.44. The highest BCUT2D eigenvalue weighted by atomic mass is 35.5. The second kappa shape index (κ2) is 3.56. The van der Waals surface area contributed by atoms with Crippen LogP contribution in [0.3, 0.4) is 0 Å². The minimum absolute atomic E-state index is 0.309. The minimum Gasteiger partial charge on any atom is -0.361 e. The Morgan fingerprint density at radius 2 is 2.36 bits per heavy atom. The number of hydrogen-bond acceptors (Lipinski definition) is 1. The van der Waals surface area contributed by atoms with Crippen molar-refractivity contribution in [3.05, 3.63) is 34.3 Å². The summed E-state index contributed by atoms with van der Waals surface area (Å²) in [5.41, 5.74) is 0.745. The van der Waals surface area contributed by atoms with E-state index < -0.39 is 0 Å². The molecule has 0 radical (unpaired) electrons. The number of aromatic nitrogens is 1. The lowest BCUT2D eigenvalue weighted by molar-refractivity contribution is 1.29. The van der Waals surface area contributed by atoms with Gasteiger partial charge in [-0.1, -0.05) is 18.2 Å². The third-order valence-corrected chi connectivity index (χ3v) is 1.81. The third-order valence-electron chi connectivity index (χ3n) is 1.18. The molecule has 0 atom stereocenters. The molecule has 0 bridgehead atoms. The molecule has 4 heteroatoms. The molecule has 2 nitrogen and oxygen atoms in total. The van der Waals surface area contributed by atoms with Crippen LogP contribution >= 0.6 is 23.2 Å². The van der Waals surface area contributed by atoms with Crippen LogP contribution in [0.2, 0.25) is 5.02 Å². The zero-order valence-corrected chi connectivity index (χ0v) is 7.02. The third kappa shape index (κ3) is 1.83. The highest BCUT2D eigenvalue weighted by Gasteiger charge is 2.01. The van der Waals surface area contributed by atoms with Crippen molar-refractivity contribution in [2.75, 3.05) is 0 Å². The fraction of sp³-hybridized carbons (Fsp3) is 0.143. The molecule has 0 aliphatic rings. The van der Waals surface area contributed by atoms with E-state index >= 15 is 0 Å². The van der Waals surface area contributed by atoms with Gasteiger partial charge in [-0.05, 0) is 11.6 Å². The maximum Gasteiger partial charge on any atom is 0.269 e. The van der Waals surface area contributed by atoms with E-state index in [9.17, 15) is 0 Å². The Balaban J connectivity index is 3.15. The Hall–Kier alpha value is -0.780. The SMILES string of the molecule is [C-]#[N+]c1cc(CCl)c(Cl)cn1. The molecule has 1 aromatic rings. The first kappa shape index (κ1) is 8.32. The number of rotatable bonds is 1. The van der Waals surface area contributed by atoms with E-state index in [2.05, 4.69) is 9.83 Å². The van der Waals surface area contributed by atoms with Gasteiger partial charge in [-0.3, -0.25) is 0 Å². The molecule has 0 saturated carbocycles. The Bertz CT molecular complexity index is 304. The molecule has 0 N–H and O–H groups in total. The first-order chi connectivity index (χ1) is 5.27. The molecule has 11 heavy (non-hydrogen) atoms. The molecule has 0 fully saturated rings. The summed E-state index contributed by atoms with van der Waals surface area (Å²) in [7, 11) is 0. The molecule has 0 saturated heterocycles. The maximum absolute atomic E-state index is 6.66. The van der Waals surface area contributed by atoms with Crippen LogP contribution in [0.15, 0.2) is 12.3 Å². The predicted molar refractivity (Wildman–Crippen MR) is 45.1 cm³/mol. The van der Waals surface area contributed by atoms with Gasteiger partial charge < -0.3 is 4.85 Å². The molecule has 56 valence electrons. The van der Waals surface area contributed by atoms with E-state index in [0.717, 1.165) is 5.56 Å². The van der Waals surface area contributed by atoms with Crippen molar-refractivity contribution in [3.63, 3.8) is 0 Å². The number of alkyl halides is 1. The van der Waals surface area contributed by atoms with Crippen LogP contribution < -0.4 is 0 Å². The zero-order chi connectivity index (χ0) is 8.27. The normalized spacial score (nSPS) is 9.18. The van der Waals surface area contributed by atoms with Gasteiger partial charge >= 0.3 is 0 Å². The largest absolute Gasteiger partial charge is 0.361 e. The van der Waals surface area contributed by atoms with Crippen molar-refractivity contribution in [3.8, 4) is 0 Å². The molecule has 1 aromatic heterocycles.